The van der Waals surface area contributed by atoms with Gasteiger partial charge in [-0.2, -0.15) is 0 Å². The number of hydrogen-bond acceptors (Lipinski definition) is 1. The molecule has 3 aromatic rings. The average molecular weight is 403 g/mol. The molecule has 0 fully saturated rings. The highest BCUT2D eigenvalue weighted by molar-refractivity contribution is 6.42. The molecule has 0 saturated carbocycles. The molecule has 1 amide bonds. The summed E-state index contributed by atoms with van der Waals surface area (Å²) < 4.78 is 0. The van der Waals surface area contributed by atoms with Gasteiger partial charge in [0.15, 0.2) is 0 Å². The highest BCUT2D eigenvalue weighted by Crippen LogP contribution is 2.36. The van der Waals surface area contributed by atoms with E-state index in [1.165, 1.54) is 5.56 Å². The molecule has 0 spiro atoms. The Morgan fingerprint density at radius 3 is 2.67 bits per heavy atom. The molecular formula is C22H24Cl2N2O. The number of carbonyl (C=O) groups is 1. The molecule has 5 heteroatoms. The van der Waals surface area contributed by atoms with Gasteiger partial charge in [-0.25, -0.2) is 0 Å². The third kappa shape index (κ3) is 4.31. The van der Waals surface area contributed by atoms with Crippen molar-refractivity contribution in [2.45, 2.75) is 39.0 Å². The quantitative estimate of drug-likeness (QED) is 0.493. The molecule has 1 heterocycles. The smallest absolute Gasteiger partial charge is 0.220 e. The zero-order chi connectivity index (χ0) is 19.4. The van der Waals surface area contributed by atoms with Gasteiger partial charge in [0.2, 0.25) is 5.91 Å². The van der Waals surface area contributed by atoms with Crippen molar-refractivity contribution in [2.24, 2.45) is 0 Å². The number of aromatic amines is 1. The Labute approximate surface area is 170 Å². The number of aromatic nitrogens is 1. The first-order valence-electron chi connectivity index (χ1n) is 9.35. The predicted octanol–water partition coefficient (Wildman–Crippen LogP) is 6.09. The molecule has 0 bridgehead atoms. The van der Waals surface area contributed by atoms with Crippen molar-refractivity contribution in [1.29, 1.82) is 0 Å². The van der Waals surface area contributed by atoms with Gasteiger partial charge in [0.25, 0.3) is 0 Å². The minimum Gasteiger partial charge on any atom is -0.361 e. The van der Waals surface area contributed by atoms with E-state index >= 15 is 0 Å². The van der Waals surface area contributed by atoms with Crippen LogP contribution in [0.3, 0.4) is 0 Å². The number of nitrogens with one attached hydrogen (secondary N) is 2. The first-order chi connectivity index (χ1) is 13.0. The number of para-hydroxylation sites is 1. The standard InChI is InChI=1S/C22H24Cl2N2O/c1-3-10-25-21(27)12-17(15-8-9-19(23)20(24)11-15)18-13-26-22-14(4-2)6-5-7-16(18)22/h5-9,11,13,17,26H,3-4,10,12H2,1-2H3,(H,25,27)/t17-/m1/s1. The van der Waals surface area contributed by atoms with Crippen LogP contribution in [0.25, 0.3) is 10.9 Å². The fraction of sp³-hybridized carbons (Fsp3) is 0.318. The van der Waals surface area contributed by atoms with Crippen molar-refractivity contribution in [2.75, 3.05) is 6.54 Å². The second-order valence-electron chi connectivity index (χ2n) is 6.72. The van der Waals surface area contributed by atoms with E-state index in [0.29, 0.717) is 23.0 Å². The number of benzene rings is 2. The number of aryl methyl sites for hydroxylation is 1. The molecule has 0 aliphatic carbocycles. The van der Waals surface area contributed by atoms with E-state index in [4.69, 9.17) is 23.2 Å². The zero-order valence-corrected chi connectivity index (χ0v) is 17.1. The number of fused-ring (bicyclic) bond motifs is 1. The van der Waals surface area contributed by atoms with Crippen LogP contribution in [-0.4, -0.2) is 17.4 Å². The Kier molecular flexibility index (Phi) is 6.46. The number of carbonyl (C=O) groups excluding carboxylic acids is 1. The monoisotopic (exact) mass is 402 g/mol. The van der Waals surface area contributed by atoms with Crippen molar-refractivity contribution in [3.05, 3.63) is 69.3 Å². The molecule has 0 unspecified atom stereocenters. The van der Waals surface area contributed by atoms with Gasteiger partial charge in [0.1, 0.15) is 0 Å². The molecular weight excluding hydrogens is 379 g/mol. The summed E-state index contributed by atoms with van der Waals surface area (Å²) in [4.78, 5) is 15.9. The number of H-pyrrole nitrogens is 1. The summed E-state index contributed by atoms with van der Waals surface area (Å²) in [7, 11) is 0. The predicted molar refractivity (Wildman–Crippen MR) is 114 cm³/mol. The summed E-state index contributed by atoms with van der Waals surface area (Å²) in [6.45, 7) is 4.87. The summed E-state index contributed by atoms with van der Waals surface area (Å²) in [5, 5.41) is 5.15. The maximum absolute atomic E-state index is 12.5. The lowest BCUT2D eigenvalue weighted by molar-refractivity contribution is -0.121. The van der Waals surface area contributed by atoms with Gasteiger partial charge in [-0.3, -0.25) is 4.79 Å². The lowest BCUT2D eigenvalue weighted by Gasteiger charge is -2.18. The second-order valence-corrected chi connectivity index (χ2v) is 7.53. The Bertz CT molecular complexity index is 949. The van der Waals surface area contributed by atoms with Gasteiger partial charge >= 0.3 is 0 Å². The fourth-order valence-electron chi connectivity index (χ4n) is 3.48. The summed E-state index contributed by atoms with van der Waals surface area (Å²) in [5.41, 5.74) is 4.49. The average Bonchev–Trinajstić information content (AvgIpc) is 3.10. The van der Waals surface area contributed by atoms with Crippen LogP contribution >= 0.6 is 23.2 Å². The first-order valence-corrected chi connectivity index (χ1v) is 10.1. The van der Waals surface area contributed by atoms with E-state index in [9.17, 15) is 4.79 Å². The van der Waals surface area contributed by atoms with Crippen LogP contribution in [0.2, 0.25) is 10.0 Å². The highest BCUT2D eigenvalue weighted by atomic mass is 35.5. The van der Waals surface area contributed by atoms with Crippen molar-refractivity contribution in [3.63, 3.8) is 0 Å². The number of rotatable bonds is 7. The zero-order valence-electron chi connectivity index (χ0n) is 15.6. The molecule has 142 valence electrons. The molecule has 27 heavy (non-hydrogen) atoms. The van der Waals surface area contributed by atoms with E-state index in [1.54, 1.807) is 6.07 Å². The molecule has 2 N–H and O–H groups in total. The highest BCUT2D eigenvalue weighted by Gasteiger charge is 2.22. The summed E-state index contributed by atoms with van der Waals surface area (Å²) >= 11 is 12.4. The molecule has 0 aliphatic rings. The van der Waals surface area contributed by atoms with Gasteiger partial charge in [0, 0.05) is 36.0 Å². The van der Waals surface area contributed by atoms with Crippen LogP contribution in [-0.2, 0) is 11.2 Å². The second kappa shape index (κ2) is 8.81. The normalized spacial score (nSPS) is 12.3. The van der Waals surface area contributed by atoms with Crippen molar-refractivity contribution in [1.82, 2.24) is 10.3 Å². The number of amides is 1. The molecule has 3 nitrogen and oxygen atoms in total. The first kappa shape index (κ1) is 19.8. The van der Waals surface area contributed by atoms with E-state index in [2.05, 4.69) is 35.4 Å². The van der Waals surface area contributed by atoms with E-state index in [0.717, 1.165) is 34.9 Å². The van der Waals surface area contributed by atoms with Crippen LogP contribution in [0.1, 0.15) is 49.3 Å². The molecule has 2 aromatic carbocycles. The molecule has 0 aliphatic heterocycles. The Balaban J connectivity index is 2.06. The maximum Gasteiger partial charge on any atom is 0.220 e. The Hall–Kier alpha value is -1.97. The number of halogens is 2. The van der Waals surface area contributed by atoms with Crippen molar-refractivity contribution < 1.29 is 4.79 Å². The van der Waals surface area contributed by atoms with E-state index in [1.807, 2.05) is 25.3 Å². The van der Waals surface area contributed by atoms with Crippen molar-refractivity contribution in [3.8, 4) is 0 Å². The van der Waals surface area contributed by atoms with E-state index < -0.39 is 0 Å². The van der Waals surface area contributed by atoms with Crippen LogP contribution in [0.15, 0.2) is 42.6 Å². The fourth-order valence-corrected chi connectivity index (χ4v) is 3.79. The molecule has 1 atom stereocenters. The van der Waals surface area contributed by atoms with Crippen LogP contribution < -0.4 is 5.32 Å². The SMILES string of the molecule is CCCNC(=O)C[C@H](c1ccc(Cl)c(Cl)c1)c1c[nH]c2c(CC)cccc12. The van der Waals surface area contributed by atoms with Gasteiger partial charge < -0.3 is 10.3 Å². The summed E-state index contributed by atoms with van der Waals surface area (Å²) in [6, 6.07) is 11.9. The lowest BCUT2D eigenvalue weighted by Crippen LogP contribution is -2.26. The molecule has 0 radical (unpaired) electrons. The Morgan fingerprint density at radius 1 is 1.15 bits per heavy atom. The number of hydrogen-bond donors (Lipinski definition) is 2. The lowest BCUT2D eigenvalue weighted by atomic mass is 9.87. The van der Waals surface area contributed by atoms with Gasteiger partial charge in [-0.05, 0) is 41.7 Å². The third-order valence-corrected chi connectivity index (χ3v) is 5.64. The maximum atomic E-state index is 12.5. The third-order valence-electron chi connectivity index (χ3n) is 4.90. The van der Waals surface area contributed by atoms with Crippen LogP contribution in [0, 0.1) is 0 Å². The molecule has 3 rings (SSSR count). The minimum absolute atomic E-state index is 0.0360. The minimum atomic E-state index is -0.0996. The molecule has 0 saturated heterocycles. The largest absolute Gasteiger partial charge is 0.361 e. The van der Waals surface area contributed by atoms with Crippen LogP contribution in [0.5, 0.6) is 0 Å². The van der Waals surface area contributed by atoms with Gasteiger partial charge in [0.05, 0.1) is 10.0 Å². The summed E-state index contributed by atoms with van der Waals surface area (Å²) in [6.07, 6.45) is 4.24. The van der Waals surface area contributed by atoms with Gasteiger partial charge in [-0.15, -0.1) is 0 Å². The van der Waals surface area contributed by atoms with E-state index in [-0.39, 0.29) is 11.8 Å². The summed E-state index contributed by atoms with van der Waals surface area (Å²) in [5.74, 6) is -0.0635. The topological polar surface area (TPSA) is 44.9 Å². The molecule has 1 aromatic heterocycles. The van der Waals surface area contributed by atoms with Gasteiger partial charge in [-0.1, -0.05) is 61.3 Å². The Morgan fingerprint density at radius 2 is 1.96 bits per heavy atom. The van der Waals surface area contributed by atoms with Crippen molar-refractivity contribution >= 4 is 40.0 Å². The van der Waals surface area contributed by atoms with Crippen LogP contribution in [0.4, 0.5) is 0 Å².